The summed E-state index contributed by atoms with van der Waals surface area (Å²) in [6.45, 7) is 0. The van der Waals surface area contributed by atoms with Gasteiger partial charge in [0.1, 0.15) is 5.82 Å². The molecule has 2 aromatic carbocycles. The van der Waals surface area contributed by atoms with Gasteiger partial charge in [-0.1, -0.05) is 18.2 Å². The van der Waals surface area contributed by atoms with Crippen LogP contribution in [0.3, 0.4) is 0 Å². The number of carbonyl (C=O) groups excluding carboxylic acids is 1. The van der Waals surface area contributed by atoms with Crippen molar-refractivity contribution in [1.82, 2.24) is 0 Å². The van der Waals surface area contributed by atoms with Crippen molar-refractivity contribution < 1.29 is 18.3 Å². The normalized spacial score (nSPS) is 17.8. The topological polar surface area (TPSA) is 26.3 Å². The molecule has 118 valence electrons. The van der Waals surface area contributed by atoms with E-state index in [9.17, 15) is 13.6 Å². The van der Waals surface area contributed by atoms with Crippen LogP contribution in [-0.2, 0) is 4.79 Å². The molecular formula is C19H16F2O2. The highest BCUT2D eigenvalue weighted by Crippen LogP contribution is 2.36. The third-order valence-corrected chi connectivity index (χ3v) is 4.11. The largest absolute Gasteiger partial charge is 0.494 e. The quantitative estimate of drug-likeness (QED) is 0.833. The number of hydrogen-bond acceptors (Lipinski definition) is 2. The molecule has 0 saturated heterocycles. The molecule has 3 rings (SSSR count). The van der Waals surface area contributed by atoms with E-state index >= 15 is 0 Å². The zero-order valence-corrected chi connectivity index (χ0v) is 12.7. The van der Waals surface area contributed by atoms with Crippen molar-refractivity contribution in [2.45, 2.75) is 18.8 Å². The number of ketones is 1. The van der Waals surface area contributed by atoms with Crippen LogP contribution < -0.4 is 4.74 Å². The van der Waals surface area contributed by atoms with E-state index in [1.807, 2.05) is 0 Å². The average molecular weight is 314 g/mol. The molecule has 0 aliphatic heterocycles. The summed E-state index contributed by atoms with van der Waals surface area (Å²) in [4.78, 5) is 12.0. The summed E-state index contributed by atoms with van der Waals surface area (Å²) in [7, 11) is 1.41. The molecule has 1 atom stereocenters. The summed E-state index contributed by atoms with van der Waals surface area (Å²) in [6.07, 6.45) is 2.57. The van der Waals surface area contributed by atoms with Crippen molar-refractivity contribution in [2.75, 3.05) is 7.11 Å². The molecule has 2 aromatic rings. The number of benzene rings is 2. The van der Waals surface area contributed by atoms with Crippen LogP contribution in [0, 0.1) is 11.6 Å². The van der Waals surface area contributed by atoms with Crippen molar-refractivity contribution in [3.05, 3.63) is 71.3 Å². The number of ether oxygens (including phenoxy) is 1. The predicted molar refractivity (Wildman–Crippen MR) is 84.3 cm³/mol. The number of hydrogen-bond donors (Lipinski definition) is 0. The molecule has 0 fully saturated rings. The molecule has 2 nitrogen and oxygen atoms in total. The van der Waals surface area contributed by atoms with E-state index in [0.717, 1.165) is 11.1 Å². The minimum absolute atomic E-state index is 0.00296. The van der Waals surface area contributed by atoms with E-state index in [1.165, 1.54) is 25.3 Å². The number of allylic oxidation sites excluding steroid dienone is 2. The van der Waals surface area contributed by atoms with Gasteiger partial charge in [0.2, 0.25) is 0 Å². The molecule has 0 N–H and O–H groups in total. The highest BCUT2D eigenvalue weighted by Gasteiger charge is 2.23. The minimum atomic E-state index is -0.456. The fourth-order valence-corrected chi connectivity index (χ4v) is 2.93. The lowest BCUT2D eigenvalue weighted by Gasteiger charge is -2.23. The molecule has 4 heteroatoms. The van der Waals surface area contributed by atoms with Gasteiger partial charge < -0.3 is 4.74 Å². The van der Waals surface area contributed by atoms with Crippen molar-refractivity contribution in [2.24, 2.45) is 0 Å². The van der Waals surface area contributed by atoms with Crippen molar-refractivity contribution in [1.29, 1.82) is 0 Å². The smallest absolute Gasteiger partial charge is 0.165 e. The second kappa shape index (κ2) is 6.32. The second-order valence-corrected chi connectivity index (χ2v) is 5.64. The highest BCUT2D eigenvalue weighted by atomic mass is 19.1. The SMILES string of the molecule is COc1ccc(C2=CC(=O)C[C@H](c3ccc(F)cc3)C2)cc1F. The fourth-order valence-electron chi connectivity index (χ4n) is 2.93. The van der Waals surface area contributed by atoms with Gasteiger partial charge in [0.05, 0.1) is 7.11 Å². The lowest BCUT2D eigenvalue weighted by Crippen LogP contribution is -2.12. The Morgan fingerprint density at radius 2 is 1.78 bits per heavy atom. The summed E-state index contributed by atoms with van der Waals surface area (Å²) >= 11 is 0. The third-order valence-electron chi connectivity index (χ3n) is 4.11. The van der Waals surface area contributed by atoms with Crippen molar-refractivity contribution in [3.63, 3.8) is 0 Å². The van der Waals surface area contributed by atoms with E-state index in [4.69, 9.17) is 4.74 Å². The Kier molecular flexibility index (Phi) is 4.24. The molecule has 0 amide bonds. The van der Waals surface area contributed by atoms with Crippen LogP contribution in [0.5, 0.6) is 5.75 Å². The molecular weight excluding hydrogens is 298 g/mol. The number of carbonyl (C=O) groups is 1. The van der Waals surface area contributed by atoms with Crippen molar-refractivity contribution >= 4 is 11.4 Å². The molecule has 0 aromatic heterocycles. The molecule has 0 unspecified atom stereocenters. The first-order chi connectivity index (χ1) is 11.1. The lowest BCUT2D eigenvalue weighted by atomic mass is 9.81. The van der Waals surface area contributed by atoms with Crippen LogP contribution in [0.25, 0.3) is 5.57 Å². The first-order valence-corrected chi connectivity index (χ1v) is 7.39. The molecule has 1 aliphatic carbocycles. The van der Waals surface area contributed by atoms with Crippen LogP contribution in [-0.4, -0.2) is 12.9 Å². The highest BCUT2D eigenvalue weighted by molar-refractivity contribution is 5.99. The van der Waals surface area contributed by atoms with E-state index in [-0.39, 0.29) is 23.3 Å². The second-order valence-electron chi connectivity index (χ2n) is 5.64. The van der Waals surface area contributed by atoms with Gasteiger partial charge in [-0.25, -0.2) is 8.78 Å². The van der Waals surface area contributed by atoms with Crippen LogP contribution in [0.2, 0.25) is 0 Å². The maximum absolute atomic E-state index is 13.9. The maximum atomic E-state index is 13.9. The summed E-state index contributed by atoms with van der Waals surface area (Å²) < 4.78 is 31.9. The van der Waals surface area contributed by atoms with Gasteiger partial charge in [0.25, 0.3) is 0 Å². The van der Waals surface area contributed by atoms with Gasteiger partial charge in [-0.15, -0.1) is 0 Å². The van der Waals surface area contributed by atoms with Gasteiger partial charge in [-0.2, -0.15) is 0 Å². The molecule has 0 bridgehead atoms. The Morgan fingerprint density at radius 3 is 2.43 bits per heavy atom. The van der Waals surface area contributed by atoms with Crippen LogP contribution in [0.15, 0.2) is 48.5 Å². The maximum Gasteiger partial charge on any atom is 0.165 e. The van der Waals surface area contributed by atoms with E-state index in [0.29, 0.717) is 18.4 Å². The zero-order chi connectivity index (χ0) is 16.4. The Labute approximate surface area is 133 Å². The first-order valence-electron chi connectivity index (χ1n) is 7.39. The molecule has 0 saturated carbocycles. The van der Waals surface area contributed by atoms with E-state index in [2.05, 4.69) is 0 Å². The van der Waals surface area contributed by atoms with Crippen LogP contribution in [0.4, 0.5) is 8.78 Å². The Bertz CT molecular complexity index is 763. The van der Waals surface area contributed by atoms with Gasteiger partial charge in [0.15, 0.2) is 17.3 Å². The Morgan fingerprint density at radius 1 is 1.04 bits per heavy atom. The first kappa shape index (κ1) is 15.4. The van der Waals surface area contributed by atoms with Crippen LogP contribution in [0.1, 0.15) is 29.9 Å². The van der Waals surface area contributed by atoms with Gasteiger partial charge in [0, 0.05) is 6.42 Å². The number of halogens is 2. The molecule has 0 radical (unpaired) electrons. The fraction of sp³-hybridized carbons (Fsp3) is 0.211. The zero-order valence-electron chi connectivity index (χ0n) is 12.7. The molecule has 23 heavy (non-hydrogen) atoms. The number of methoxy groups -OCH3 is 1. The summed E-state index contributed by atoms with van der Waals surface area (Å²) in [5.74, 6) is -0.609. The summed E-state index contributed by atoms with van der Waals surface area (Å²) in [5.41, 5.74) is 2.37. The Hall–Kier alpha value is -2.49. The predicted octanol–water partition coefficient (Wildman–Crippen LogP) is 4.50. The van der Waals surface area contributed by atoms with Gasteiger partial charge >= 0.3 is 0 Å². The minimum Gasteiger partial charge on any atom is -0.494 e. The Balaban J connectivity index is 1.89. The summed E-state index contributed by atoms with van der Waals surface area (Å²) in [6, 6.07) is 10.9. The molecule has 0 heterocycles. The summed E-state index contributed by atoms with van der Waals surface area (Å²) in [5, 5.41) is 0. The monoisotopic (exact) mass is 314 g/mol. The van der Waals surface area contributed by atoms with E-state index < -0.39 is 5.82 Å². The van der Waals surface area contributed by atoms with Crippen molar-refractivity contribution in [3.8, 4) is 5.75 Å². The standard InChI is InChI=1S/C19H16F2O2/c1-23-19-7-4-13(11-18(19)21)15-8-14(9-17(22)10-15)12-2-5-16(20)6-3-12/h2-7,10-11,14H,8-9H2,1H3/t14-/m1/s1. The lowest BCUT2D eigenvalue weighted by molar-refractivity contribution is -0.115. The molecule has 1 aliphatic rings. The third kappa shape index (κ3) is 3.31. The number of rotatable bonds is 3. The van der Waals surface area contributed by atoms with Crippen LogP contribution >= 0.6 is 0 Å². The average Bonchev–Trinajstić information content (AvgIpc) is 2.55. The molecule has 0 spiro atoms. The van der Waals surface area contributed by atoms with Gasteiger partial charge in [-0.05, 0) is 59.4 Å². The van der Waals surface area contributed by atoms with Gasteiger partial charge in [-0.3, -0.25) is 4.79 Å². The van der Waals surface area contributed by atoms with E-state index in [1.54, 1.807) is 30.3 Å².